The highest BCUT2D eigenvalue weighted by Crippen LogP contribution is 2.54. The van der Waals surface area contributed by atoms with Crippen molar-refractivity contribution < 1.29 is 14.4 Å². The maximum atomic E-state index is 13.6. The Kier molecular flexibility index (Phi) is 3.67. The Labute approximate surface area is 168 Å². The van der Waals surface area contributed by atoms with Crippen LogP contribution in [0.25, 0.3) is 0 Å². The molecule has 0 saturated carbocycles. The molecule has 5 rings (SSSR count). The molecule has 0 bridgehead atoms. The number of nitrogens with one attached hydrogen (secondary N) is 1. The average molecular weight is 385 g/mol. The van der Waals surface area contributed by atoms with Crippen molar-refractivity contribution in [2.75, 3.05) is 16.3 Å². The van der Waals surface area contributed by atoms with Gasteiger partial charge in [-0.3, -0.25) is 24.6 Å². The van der Waals surface area contributed by atoms with Crippen LogP contribution in [0.4, 0.5) is 11.4 Å². The third-order valence-corrected chi connectivity index (χ3v) is 6.28. The van der Waals surface area contributed by atoms with Crippen molar-refractivity contribution in [3.05, 3.63) is 60.2 Å². The summed E-state index contributed by atoms with van der Waals surface area (Å²) in [4.78, 5) is 43.3. The monoisotopic (exact) mass is 385 g/mol. The van der Waals surface area contributed by atoms with Gasteiger partial charge in [-0.15, -0.1) is 6.42 Å². The van der Waals surface area contributed by atoms with Crippen molar-refractivity contribution in [1.82, 2.24) is 5.32 Å². The molecule has 0 unspecified atom stereocenters. The molecule has 3 amide bonds. The largest absolute Gasteiger partial charge is 0.298 e. The molecule has 2 aromatic carbocycles. The van der Waals surface area contributed by atoms with Gasteiger partial charge in [0.1, 0.15) is 5.54 Å². The van der Waals surface area contributed by atoms with Crippen molar-refractivity contribution in [3.8, 4) is 12.3 Å². The number of benzene rings is 2. The van der Waals surface area contributed by atoms with E-state index in [4.69, 9.17) is 6.42 Å². The third kappa shape index (κ3) is 2.08. The minimum Gasteiger partial charge on any atom is -0.298 e. The Hall–Kier alpha value is -3.43. The van der Waals surface area contributed by atoms with E-state index in [0.29, 0.717) is 16.9 Å². The fraction of sp³-hybridized carbons (Fsp3) is 0.261. The summed E-state index contributed by atoms with van der Waals surface area (Å²) >= 11 is 0. The van der Waals surface area contributed by atoms with Crippen LogP contribution in [0.15, 0.2) is 54.6 Å². The number of nitrogens with zero attached hydrogens (tertiary/aromatic N) is 2. The van der Waals surface area contributed by atoms with Gasteiger partial charge < -0.3 is 0 Å². The summed E-state index contributed by atoms with van der Waals surface area (Å²) in [6.45, 7) is 1.96. The van der Waals surface area contributed by atoms with Crippen LogP contribution in [0.3, 0.4) is 0 Å². The van der Waals surface area contributed by atoms with Crippen LogP contribution in [0.5, 0.6) is 0 Å². The van der Waals surface area contributed by atoms with Gasteiger partial charge in [-0.2, -0.15) is 0 Å². The summed E-state index contributed by atoms with van der Waals surface area (Å²) in [7, 11) is 0. The lowest BCUT2D eigenvalue weighted by molar-refractivity contribution is -0.132. The first-order valence-corrected chi connectivity index (χ1v) is 9.58. The fourth-order valence-electron chi connectivity index (χ4n) is 5.19. The molecule has 1 spiro atoms. The van der Waals surface area contributed by atoms with E-state index in [1.54, 1.807) is 24.3 Å². The van der Waals surface area contributed by atoms with Gasteiger partial charge in [-0.1, -0.05) is 42.3 Å². The Morgan fingerprint density at radius 3 is 2.45 bits per heavy atom. The van der Waals surface area contributed by atoms with E-state index in [0.717, 1.165) is 0 Å². The second-order valence-corrected chi connectivity index (χ2v) is 7.70. The normalized spacial score (nSPS) is 30.1. The average Bonchev–Trinajstić information content (AvgIpc) is 3.27. The Balaban J connectivity index is 1.69. The van der Waals surface area contributed by atoms with Crippen molar-refractivity contribution in [2.45, 2.75) is 18.5 Å². The van der Waals surface area contributed by atoms with Crippen LogP contribution in [0.1, 0.15) is 12.5 Å². The number of imide groups is 1. The van der Waals surface area contributed by atoms with Crippen LogP contribution >= 0.6 is 0 Å². The highest BCUT2D eigenvalue weighted by Gasteiger charge is 2.71. The number of carbonyl (C=O) groups excluding carboxylic acids is 3. The molecule has 3 aliphatic heterocycles. The predicted molar refractivity (Wildman–Crippen MR) is 108 cm³/mol. The van der Waals surface area contributed by atoms with Crippen LogP contribution in [0.2, 0.25) is 0 Å². The van der Waals surface area contributed by atoms with Crippen LogP contribution < -0.4 is 15.1 Å². The lowest BCUT2D eigenvalue weighted by atomic mass is 9.76. The van der Waals surface area contributed by atoms with Gasteiger partial charge in [0, 0.05) is 11.6 Å². The van der Waals surface area contributed by atoms with Crippen LogP contribution in [0, 0.1) is 24.2 Å². The summed E-state index contributed by atoms with van der Waals surface area (Å²) in [6, 6.07) is 15.9. The molecule has 0 radical (unpaired) electrons. The number of anilines is 2. The number of para-hydroxylation sites is 2. The number of fused-ring (bicyclic) bond motifs is 4. The number of hydrogen-bond donors (Lipinski definition) is 1. The van der Waals surface area contributed by atoms with Gasteiger partial charge in [0.2, 0.25) is 11.8 Å². The molecule has 6 nitrogen and oxygen atoms in total. The van der Waals surface area contributed by atoms with Crippen molar-refractivity contribution in [1.29, 1.82) is 0 Å². The maximum Gasteiger partial charge on any atom is 0.253 e. The first-order valence-electron chi connectivity index (χ1n) is 9.58. The molecular weight excluding hydrogens is 366 g/mol. The molecule has 0 aliphatic carbocycles. The smallest absolute Gasteiger partial charge is 0.253 e. The van der Waals surface area contributed by atoms with Gasteiger partial charge >= 0.3 is 0 Å². The number of carbonyl (C=O) groups is 3. The van der Waals surface area contributed by atoms with E-state index in [2.05, 4.69) is 11.2 Å². The fourth-order valence-corrected chi connectivity index (χ4v) is 5.19. The molecule has 6 heteroatoms. The molecular formula is C23H19N3O3. The molecule has 3 aliphatic rings. The highest BCUT2D eigenvalue weighted by atomic mass is 16.2. The van der Waals surface area contributed by atoms with E-state index in [-0.39, 0.29) is 30.3 Å². The summed E-state index contributed by atoms with van der Waals surface area (Å²) < 4.78 is 0. The Morgan fingerprint density at radius 1 is 1.03 bits per heavy atom. The topological polar surface area (TPSA) is 69.7 Å². The molecule has 0 aromatic heterocycles. The third-order valence-electron chi connectivity index (χ3n) is 6.28. The molecule has 1 N–H and O–H groups in total. The zero-order chi connectivity index (χ0) is 20.3. The lowest BCUT2D eigenvalue weighted by Gasteiger charge is -2.30. The van der Waals surface area contributed by atoms with Gasteiger partial charge in [-0.05, 0) is 25.1 Å². The molecule has 29 heavy (non-hydrogen) atoms. The Bertz CT molecular complexity index is 1090. The van der Waals surface area contributed by atoms with E-state index in [1.807, 2.05) is 37.3 Å². The molecule has 2 fully saturated rings. The predicted octanol–water partition coefficient (Wildman–Crippen LogP) is 1.66. The molecule has 144 valence electrons. The summed E-state index contributed by atoms with van der Waals surface area (Å²) in [5.41, 5.74) is 0.636. The molecule has 4 atom stereocenters. The minimum atomic E-state index is -1.28. The van der Waals surface area contributed by atoms with E-state index in [1.165, 1.54) is 9.80 Å². The van der Waals surface area contributed by atoms with Crippen molar-refractivity contribution in [3.63, 3.8) is 0 Å². The molecule has 3 heterocycles. The molecule has 2 aromatic rings. The lowest BCUT2D eigenvalue weighted by Crippen LogP contribution is -2.55. The summed E-state index contributed by atoms with van der Waals surface area (Å²) in [6.07, 6.45) is 5.50. The van der Waals surface area contributed by atoms with Crippen LogP contribution in [-0.4, -0.2) is 30.3 Å². The quantitative estimate of drug-likeness (QED) is 0.631. The highest BCUT2D eigenvalue weighted by molar-refractivity contribution is 6.26. The molecule has 2 saturated heterocycles. The number of terminal acetylenes is 1. The summed E-state index contributed by atoms with van der Waals surface area (Å²) in [5.74, 6) is 0.191. The zero-order valence-electron chi connectivity index (χ0n) is 15.8. The second kappa shape index (κ2) is 6.03. The zero-order valence-corrected chi connectivity index (χ0v) is 15.8. The van der Waals surface area contributed by atoms with Crippen molar-refractivity contribution >= 4 is 29.1 Å². The van der Waals surface area contributed by atoms with Gasteiger partial charge in [-0.25, -0.2) is 4.90 Å². The minimum absolute atomic E-state index is 0.107. The van der Waals surface area contributed by atoms with Crippen LogP contribution in [-0.2, 0) is 19.9 Å². The second-order valence-electron chi connectivity index (χ2n) is 7.70. The van der Waals surface area contributed by atoms with E-state index in [9.17, 15) is 14.4 Å². The standard InChI is InChI=1S/C23H19N3O3/c1-3-13-25-17-12-8-7-11-16(17)23(22(25)29)19-18(14(2)24-23)20(27)26(21(19)28)15-9-5-4-6-10-15/h1,4-12,14,18-19,24H,13H2,2H3/t14-,18-,19+,23-/m0/s1. The number of rotatable bonds is 2. The number of amides is 3. The first kappa shape index (κ1) is 17.7. The van der Waals surface area contributed by atoms with Crippen molar-refractivity contribution in [2.24, 2.45) is 11.8 Å². The van der Waals surface area contributed by atoms with E-state index >= 15 is 0 Å². The summed E-state index contributed by atoms with van der Waals surface area (Å²) in [5, 5.41) is 3.33. The number of hydrogen-bond acceptors (Lipinski definition) is 4. The first-order chi connectivity index (χ1) is 14.0. The van der Waals surface area contributed by atoms with Gasteiger partial charge in [0.25, 0.3) is 5.91 Å². The maximum absolute atomic E-state index is 13.6. The van der Waals surface area contributed by atoms with E-state index < -0.39 is 17.4 Å². The van der Waals surface area contributed by atoms with Gasteiger partial charge in [0.15, 0.2) is 0 Å². The SMILES string of the molecule is C#CCN1C(=O)[C@]2(N[C@@H](C)[C@@H]3C(=O)N(c4ccccc4)C(=O)[C@@H]32)c2ccccc21. The van der Waals surface area contributed by atoms with Gasteiger partial charge in [0.05, 0.1) is 29.8 Å². The Morgan fingerprint density at radius 2 is 1.72 bits per heavy atom.